The van der Waals surface area contributed by atoms with E-state index in [9.17, 15) is 0 Å². The van der Waals surface area contributed by atoms with Gasteiger partial charge in [-0.1, -0.05) is 43.1 Å². The number of nitrogens with two attached hydrogens (primary N) is 1. The Morgan fingerprint density at radius 3 is 2.40 bits per heavy atom. The van der Waals surface area contributed by atoms with Gasteiger partial charge >= 0.3 is 0 Å². The van der Waals surface area contributed by atoms with Gasteiger partial charge < -0.3 is 5.73 Å². The van der Waals surface area contributed by atoms with Crippen molar-refractivity contribution >= 4 is 23.2 Å². The summed E-state index contributed by atoms with van der Waals surface area (Å²) in [4.78, 5) is 0. The van der Waals surface area contributed by atoms with Crippen molar-refractivity contribution in [3.63, 3.8) is 0 Å². The van der Waals surface area contributed by atoms with Gasteiger partial charge in [-0.25, -0.2) is 0 Å². The van der Waals surface area contributed by atoms with E-state index in [1.54, 1.807) is 6.07 Å². The van der Waals surface area contributed by atoms with Gasteiger partial charge in [-0.05, 0) is 42.5 Å². The Bertz CT molecular complexity index is 323. The maximum Gasteiger partial charge on any atom is 0.0452 e. The first-order valence-electron chi connectivity index (χ1n) is 5.18. The maximum absolute atomic E-state index is 6.11. The molecule has 0 bridgehead atoms. The van der Waals surface area contributed by atoms with Gasteiger partial charge in [-0.3, -0.25) is 0 Å². The van der Waals surface area contributed by atoms with Gasteiger partial charge in [0.05, 0.1) is 0 Å². The zero-order valence-electron chi connectivity index (χ0n) is 9.13. The number of hydrogen-bond donors (Lipinski definition) is 1. The minimum Gasteiger partial charge on any atom is -0.330 e. The van der Waals surface area contributed by atoms with Crippen LogP contribution < -0.4 is 5.73 Å². The molecule has 15 heavy (non-hydrogen) atoms. The Kier molecular flexibility index (Phi) is 4.91. The lowest BCUT2D eigenvalue weighted by atomic mass is 9.89. The van der Waals surface area contributed by atoms with E-state index in [1.165, 1.54) is 0 Å². The van der Waals surface area contributed by atoms with E-state index in [0.717, 1.165) is 17.0 Å². The summed E-state index contributed by atoms with van der Waals surface area (Å²) in [5.41, 5.74) is 6.86. The van der Waals surface area contributed by atoms with E-state index in [4.69, 9.17) is 28.9 Å². The van der Waals surface area contributed by atoms with Crippen LogP contribution in [0.5, 0.6) is 0 Å². The van der Waals surface area contributed by atoms with Gasteiger partial charge in [0.2, 0.25) is 0 Å². The van der Waals surface area contributed by atoms with Gasteiger partial charge in [-0.2, -0.15) is 0 Å². The van der Waals surface area contributed by atoms with E-state index in [0.29, 0.717) is 23.4 Å². The van der Waals surface area contributed by atoms with Crippen molar-refractivity contribution in [2.24, 2.45) is 17.6 Å². The van der Waals surface area contributed by atoms with Crippen LogP contribution in [0.15, 0.2) is 18.2 Å². The molecule has 1 nitrogen and oxygen atoms in total. The lowest BCUT2D eigenvalue weighted by Gasteiger charge is -2.19. The van der Waals surface area contributed by atoms with Gasteiger partial charge in [0.25, 0.3) is 0 Å². The molecule has 0 saturated heterocycles. The van der Waals surface area contributed by atoms with E-state index in [-0.39, 0.29) is 0 Å². The summed E-state index contributed by atoms with van der Waals surface area (Å²) >= 11 is 12.0. The molecule has 1 atom stereocenters. The Morgan fingerprint density at radius 1 is 1.27 bits per heavy atom. The molecule has 1 aromatic rings. The first-order valence-corrected chi connectivity index (χ1v) is 5.94. The highest BCUT2D eigenvalue weighted by Gasteiger charge is 2.13. The summed E-state index contributed by atoms with van der Waals surface area (Å²) in [7, 11) is 0. The molecule has 1 rings (SSSR count). The second-order valence-corrected chi connectivity index (χ2v) is 5.02. The monoisotopic (exact) mass is 245 g/mol. The van der Waals surface area contributed by atoms with Crippen molar-refractivity contribution in [3.05, 3.63) is 33.8 Å². The molecular weight excluding hydrogens is 229 g/mol. The highest BCUT2D eigenvalue weighted by molar-refractivity contribution is 6.35. The molecule has 3 heteroatoms. The molecule has 0 unspecified atom stereocenters. The normalized spacial score (nSPS) is 13.2. The van der Waals surface area contributed by atoms with Crippen LogP contribution in [0.1, 0.15) is 19.4 Å². The van der Waals surface area contributed by atoms with Crippen LogP contribution in [0.2, 0.25) is 10.0 Å². The van der Waals surface area contributed by atoms with Gasteiger partial charge in [0.1, 0.15) is 0 Å². The molecular formula is C12H17Cl2N. The van der Waals surface area contributed by atoms with Crippen molar-refractivity contribution in [3.8, 4) is 0 Å². The summed E-state index contributed by atoms with van der Waals surface area (Å²) < 4.78 is 0. The van der Waals surface area contributed by atoms with Crippen LogP contribution in [0.3, 0.4) is 0 Å². The molecule has 0 aliphatic carbocycles. The minimum atomic E-state index is 0.476. The second-order valence-electron chi connectivity index (χ2n) is 4.18. The number of benzene rings is 1. The van der Waals surface area contributed by atoms with Crippen molar-refractivity contribution in [2.75, 3.05) is 6.54 Å². The van der Waals surface area contributed by atoms with Crippen LogP contribution in [0.4, 0.5) is 0 Å². The summed E-state index contributed by atoms with van der Waals surface area (Å²) in [5.74, 6) is 1.05. The van der Waals surface area contributed by atoms with Crippen LogP contribution in [0.25, 0.3) is 0 Å². The second kappa shape index (κ2) is 5.74. The average Bonchev–Trinajstić information content (AvgIpc) is 2.16. The molecule has 0 fully saturated rings. The fraction of sp³-hybridized carbons (Fsp3) is 0.500. The SMILES string of the molecule is CC(C)[C@H](CN)Cc1ccc(Cl)cc1Cl. The smallest absolute Gasteiger partial charge is 0.0452 e. The molecule has 0 radical (unpaired) electrons. The molecule has 0 heterocycles. The van der Waals surface area contributed by atoms with E-state index in [1.807, 2.05) is 12.1 Å². The zero-order valence-corrected chi connectivity index (χ0v) is 10.6. The third kappa shape index (κ3) is 3.67. The van der Waals surface area contributed by atoms with Crippen LogP contribution >= 0.6 is 23.2 Å². The summed E-state index contributed by atoms with van der Waals surface area (Å²) in [5, 5.41) is 1.42. The van der Waals surface area contributed by atoms with Crippen molar-refractivity contribution in [1.82, 2.24) is 0 Å². The maximum atomic E-state index is 6.11. The Balaban J connectivity index is 2.79. The standard InChI is InChI=1S/C12H17Cl2N/c1-8(2)10(7-15)5-9-3-4-11(13)6-12(9)14/h3-4,6,8,10H,5,7,15H2,1-2H3/t10-/m0/s1. The Labute approximate surface area is 102 Å². The summed E-state index contributed by atoms with van der Waals surface area (Å²) in [6, 6.07) is 5.64. The number of rotatable bonds is 4. The van der Waals surface area contributed by atoms with Gasteiger partial charge in [0, 0.05) is 10.0 Å². The van der Waals surface area contributed by atoms with Crippen molar-refractivity contribution in [1.29, 1.82) is 0 Å². The number of halogens is 2. The highest BCUT2D eigenvalue weighted by Crippen LogP contribution is 2.25. The van der Waals surface area contributed by atoms with E-state index >= 15 is 0 Å². The third-order valence-corrected chi connectivity index (χ3v) is 3.33. The van der Waals surface area contributed by atoms with Crippen LogP contribution in [0, 0.1) is 11.8 Å². The number of hydrogen-bond acceptors (Lipinski definition) is 1. The average molecular weight is 246 g/mol. The van der Waals surface area contributed by atoms with Crippen LogP contribution in [-0.2, 0) is 6.42 Å². The zero-order chi connectivity index (χ0) is 11.4. The lowest BCUT2D eigenvalue weighted by molar-refractivity contribution is 0.392. The molecule has 84 valence electrons. The molecule has 0 aliphatic heterocycles. The fourth-order valence-corrected chi connectivity index (χ4v) is 2.05. The third-order valence-electron chi connectivity index (χ3n) is 2.74. The molecule has 1 aromatic carbocycles. The van der Waals surface area contributed by atoms with Crippen molar-refractivity contribution < 1.29 is 0 Å². The first kappa shape index (κ1) is 12.8. The Morgan fingerprint density at radius 2 is 1.93 bits per heavy atom. The van der Waals surface area contributed by atoms with Gasteiger partial charge in [0.15, 0.2) is 0 Å². The summed E-state index contributed by atoms with van der Waals surface area (Å²) in [6.07, 6.45) is 0.921. The first-order chi connectivity index (χ1) is 7.04. The van der Waals surface area contributed by atoms with Crippen LogP contribution in [-0.4, -0.2) is 6.54 Å². The lowest BCUT2D eigenvalue weighted by Crippen LogP contribution is -2.22. The topological polar surface area (TPSA) is 26.0 Å². The van der Waals surface area contributed by atoms with E-state index < -0.39 is 0 Å². The predicted octanol–water partition coefficient (Wildman–Crippen LogP) is 3.77. The predicted molar refractivity (Wildman–Crippen MR) is 67.5 cm³/mol. The Hall–Kier alpha value is -0.240. The molecule has 2 N–H and O–H groups in total. The largest absolute Gasteiger partial charge is 0.330 e. The summed E-state index contributed by atoms with van der Waals surface area (Å²) in [6.45, 7) is 5.05. The molecule has 0 saturated carbocycles. The van der Waals surface area contributed by atoms with Crippen molar-refractivity contribution in [2.45, 2.75) is 20.3 Å². The highest BCUT2D eigenvalue weighted by atomic mass is 35.5. The molecule has 0 aliphatic rings. The molecule has 0 amide bonds. The molecule has 0 spiro atoms. The minimum absolute atomic E-state index is 0.476. The molecule has 0 aromatic heterocycles. The van der Waals surface area contributed by atoms with Gasteiger partial charge in [-0.15, -0.1) is 0 Å². The van der Waals surface area contributed by atoms with E-state index in [2.05, 4.69) is 13.8 Å². The fourth-order valence-electron chi connectivity index (χ4n) is 1.56. The quantitative estimate of drug-likeness (QED) is 0.859.